The lowest BCUT2D eigenvalue weighted by molar-refractivity contribution is -0.166. The highest BCUT2D eigenvalue weighted by Gasteiger charge is 2.19. The maximum absolute atomic E-state index is 12.7. The molecule has 0 aliphatic carbocycles. The van der Waals surface area contributed by atoms with Crippen molar-refractivity contribution < 1.29 is 28.6 Å². The lowest BCUT2D eigenvalue weighted by Gasteiger charge is -2.18. The Labute approximate surface area is 368 Å². The maximum Gasteiger partial charge on any atom is 0.306 e. The summed E-state index contributed by atoms with van der Waals surface area (Å²) in [6.07, 6.45) is 62.7. The van der Waals surface area contributed by atoms with Crippen LogP contribution in [0, 0.1) is 0 Å². The van der Waals surface area contributed by atoms with Crippen molar-refractivity contribution in [3.8, 4) is 0 Å². The van der Waals surface area contributed by atoms with Gasteiger partial charge >= 0.3 is 17.9 Å². The average molecular weight is 833 g/mol. The molecule has 0 saturated carbocycles. The van der Waals surface area contributed by atoms with Crippen molar-refractivity contribution in [2.45, 2.75) is 213 Å². The van der Waals surface area contributed by atoms with Gasteiger partial charge in [-0.25, -0.2) is 0 Å². The molecule has 6 nitrogen and oxygen atoms in total. The van der Waals surface area contributed by atoms with E-state index in [1.807, 2.05) is 12.2 Å². The predicted molar refractivity (Wildman–Crippen MR) is 256 cm³/mol. The van der Waals surface area contributed by atoms with Crippen LogP contribution in [0.5, 0.6) is 0 Å². The van der Waals surface area contributed by atoms with Gasteiger partial charge in [-0.15, -0.1) is 0 Å². The van der Waals surface area contributed by atoms with E-state index in [9.17, 15) is 14.4 Å². The Morgan fingerprint density at radius 1 is 0.350 bits per heavy atom. The summed E-state index contributed by atoms with van der Waals surface area (Å²) in [6.45, 7) is 6.36. The number of hydrogen-bond donors (Lipinski definition) is 0. The monoisotopic (exact) mass is 833 g/mol. The quantitative estimate of drug-likeness (QED) is 0.0264. The Morgan fingerprint density at radius 3 is 1.18 bits per heavy atom. The molecule has 0 N–H and O–H groups in total. The Kier molecular flexibility index (Phi) is 45.1. The molecule has 0 amide bonds. The molecule has 1 unspecified atom stereocenters. The topological polar surface area (TPSA) is 78.9 Å². The average Bonchev–Trinajstić information content (AvgIpc) is 3.24. The van der Waals surface area contributed by atoms with E-state index in [0.717, 1.165) is 83.5 Å². The van der Waals surface area contributed by atoms with Gasteiger partial charge in [0.15, 0.2) is 6.10 Å². The van der Waals surface area contributed by atoms with E-state index in [1.165, 1.54) is 70.6 Å². The van der Waals surface area contributed by atoms with Gasteiger partial charge in [-0.3, -0.25) is 14.4 Å². The number of carbonyl (C=O) groups is 3. The normalized spacial score (nSPS) is 12.9. The summed E-state index contributed by atoms with van der Waals surface area (Å²) in [7, 11) is 0. The first kappa shape index (κ1) is 56.3. The molecule has 1 atom stereocenters. The van der Waals surface area contributed by atoms with E-state index in [4.69, 9.17) is 14.2 Å². The minimum Gasteiger partial charge on any atom is -0.462 e. The van der Waals surface area contributed by atoms with Crippen molar-refractivity contribution in [1.82, 2.24) is 0 Å². The highest BCUT2D eigenvalue weighted by molar-refractivity contribution is 5.71. The number of ether oxygens (including phenoxy) is 3. The van der Waals surface area contributed by atoms with Crippen LogP contribution >= 0.6 is 0 Å². The van der Waals surface area contributed by atoms with Crippen LogP contribution in [-0.2, 0) is 28.6 Å². The predicted octanol–water partition coefficient (Wildman–Crippen LogP) is 15.8. The van der Waals surface area contributed by atoms with Gasteiger partial charge in [-0.1, -0.05) is 182 Å². The van der Waals surface area contributed by atoms with Crippen molar-refractivity contribution in [2.24, 2.45) is 0 Å². The zero-order chi connectivity index (χ0) is 43.7. The third-order valence-corrected chi connectivity index (χ3v) is 9.81. The van der Waals surface area contributed by atoms with Crippen molar-refractivity contribution in [3.05, 3.63) is 97.2 Å². The number of unbranched alkanes of at least 4 members (excludes halogenated alkanes) is 15. The van der Waals surface area contributed by atoms with Gasteiger partial charge in [0.2, 0.25) is 0 Å². The van der Waals surface area contributed by atoms with Crippen LogP contribution in [0.4, 0.5) is 0 Å². The molecule has 340 valence electrons. The summed E-state index contributed by atoms with van der Waals surface area (Å²) in [4.78, 5) is 37.7. The zero-order valence-corrected chi connectivity index (χ0v) is 38.7. The fraction of sp³-hybridized carbons (Fsp3) is 0.648. The number of rotatable bonds is 42. The summed E-state index contributed by atoms with van der Waals surface area (Å²) in [5, 5.41) is 0. The first-order valence-corrected chi connectivity index (χ1v) is 24.2. The summed E-state index contributed by atoms with van der Waals surface area (Å²) >= 11 is 0. The molecule has 0 saturated heterocycles. The van der Waals surface area contributed by atoms with Crippen molar-refractivity contribution in [1.29, 1.82) is 0 Å². The third-order valence-electron chi connectivity index (χ3n) is 9.81. The van der Waals surface area contributed by atoms with Crippen LogP contribution in [-0.4, -0.2) is 37.2 Å². The van der Waals surface area contributed by atoms with Gasteiger partial charge in [0.05, 0.1) is 0 Å². The van der Waals surface area contributed by atoms with E-state index in [1.54, 1.807) is 0 Å². The molecule has 0 aliphatic rings. The first-order chi connectivity index (χ1) is 29.5. The number of allylic oxidation sites excluding steroid dienone is 16. The van der Waals surface area contributed by atoms with Gasteiger partial charge in [0.1, 0.15) is 13.2 Å². The first-order valence-electron chi connectivity index (χ1n) is 24.2. The Morgan fingerprint density at radius 2 is 0.700 bits per heavy atom. The van der Waals surface area contributed by atoms with E-state index >= 15 is 0 Å². The van der Waals surface area contributed by atoms with E-state index in [2.05, 4.69) is 106 Å². The van der Waals surface area contributed by atoms with Gasteiger partial charge in [0.25, 0.3) is 0 Å². The zero-order valence-electron chi connectivity index (χ0n) is 38.7. The van der Waals surface area contributed by atoms with Crippen molar-refractivity contribution in [2.75, 3.05) is 13.2 Å². The summed E-state index contributed by atoms with van der Waals surface area (Å²) < 4.78 is 16.6. The van der Waals surface area contributed by atoms with Gasteiger partial charge in [-0.05, 0) is 103 Å². The van der Waals surface area contributed by atoms with E-state index < -0.39 is 6.10 Å². The summed E-state index contributed by atoms with van der Waals surface area (Å²) in [5.74, 6) is -1.07. The minimum absolute atomic E-state index is 0.123. The van der Waals surface area contributed by atoms with Crippen LogP contribution < -0.4 is 0 Å². The molecule has 0 radical (unpaired) electrons. The standard InChI is InChI=1S/C54H88O6/c1-4-7-10-13-16-19-21-23-25-26-27-28-29-31-32-35-38-41-44-47-53(56)59-50-51(49-58-52(55)46-43-40-37-34-18-15-12-9-6-3)60-54(57)48-45-42-39-36-33-30-24-22-20-17-14-11-8-5-2/h7,10,16,19,23,25,27-28,30-34,37-38,41,51H,4-6,8-9,11-15,17-18,20-22,24,26,29,35-36,39-40,42-50H2,1-3H3/b10-7-,19-16-,25-23-,28-27-,32-31-,33-30-,37-34-,41-38-. The van der Waals surface area contributed by atoms with E-state index in [-0.39, 0.29) is 44.0 Å². The fourth-order valence-electron chi connectivity index (χ4n) is 6.17. The molecule has 0 aromatic carbocycles. The number of hydrogen-bond acceptors (Lipinski definition) is 6. The Balaban J connectivity index is 4.51. The Bertz CT molecular complexity index is 1230. The summed E-state index contributed by atoms with van der Waals surface area (Å²) in [5.41, 5.74) is 0. The molecule has 0 bridgehead atoms. The molecule has 0 aromatic rings. The molecule has 0 fully saturated rings. The lowest BCUT2D eigenvalue weighted by Crippen LogP contribution is -2.30. The second kappa shape index (κ2) is 48.0. The van der Waals surface area contributed by atoms with Crippen LogP contribution in [0.25, 0.3) is 0 Å². The second-order valence-corrected chi connectivity index (χ2v) is 15.6. The molecule has 0 aliphatic heterocycles. The molecule has 0 spiro atoms. The summed E-state index contributed by atoms with van der Waals surface area (Å²) in [6, 6.07) is 0. The van der Waals surface area contributed by atoms with E-state index in [0.29, 0.717) is 19.3 Å². The molecule has 0 aromatic heterocycles. The Hall–Kier alpha value is -3.67. The molecule has 0 rings (SSSR count). The minimum atomic E-state index is -0.825. The highest BCUT2D eigenvalue weighted by Crippen LogP contribution is 2.12. The van der Waals surface area contributed by atoms with Crippen LogP contribution in [0.3, 0.4) is 0 Å². The smallest absolute Gasteiger partial charge is 0.306 e. The molecular weight excluding hydrogens is 745 g/mol. The van der Waals surface area contributed by atoms with Crippen molar-refractivity contribution >= 4 is 17.9 Å². The molecular formula is C54H88O6. The van der Waals surface area contributed by atoms with Crippen LogP contribution in [0.2, 0.25) is 0 Å². The van der Waals surface area contributed by atoms with Crippen molar-refractivity contribution in [3.63, 3.8) is 0 Å². The molecule has 0 heterocycles. The fourth-order valence-corrected chi connectivity index (χ4v) is 6.17. The lowest BCUT2D eigenvalue weighted by atomic mass is 10.1. The third kappa shape index (κ3) is 45.4. The number of esters is 3. The van der Waals surface area contributed by atoms with Gasteiger partial charge in [-0.2, -0.15) is 0 Å². The van der Waals surface area contributed by atoms with Crippen LogP contribution in [0.1, 0.15) is 207 Å². The molecule has 60 heavy (non-hydrogen) atoms. The highest BCUT2D eigenvalue weighted by atomic mass is 16.6. The van der Waals surface area contributed by atoms with Gasteiger partial charge < -0.3 is 14.2 Å². The SMILES string of the molecule is CC/C=C\C/C=C\C/C=C\C/C=C\C/C=C\C/C=C\CCC(=O)OCC(COC(=O)CCC/C=C\CCCCCC)OC(=O)CCCCC/C=C\CCCCCCCCC. The number of carbonyl (C=O) groups excluding carboxylic acids is 3. The maximum atomic E-state index is 12.7. The van der Waals surface area contributed by atoms with Gasteiger partial charge in [0, 0.05) is 19.3 Å². The van der Waals surface area contributed by atoms with Crippen LogP contribution in [0.15, 0.2) is 97.2 Å². The molecule has 6 heteroatoms. The second-order valence-electron chi connectivity index (χ2n) is 15.6. The largest absolute Gasteiger partial charge is 0.462 e.